The topological polar surface area (TPSA) is 32.3 Å². The standard InChI is InChI=1S/C11H20N2O/c1-8-6-9(8)7-13(2)11(14)10-4-3-5-12-10/h8-10,12H,3-7H2,1-2H3/t8?,9?,10-/m1/s1. The fourth-order valence-electron chi connectivity index (χ4n) is 2.26. The minimum absolute atomic E-state index is 0.106. The first kappa shape index (κ1) is 9.97. The predicted molar refractivity (Wildman–Crippen MR) is 55.9 cm³/mol. The van der Waals surface area contributed by atoms with Crippen molar-refractivity contribution in [1.82, 2.24) is 10.2 Å². The lowest BCUT2D eigenvalue weighted by Crippen LogP contribution is -2.42. The summed E-state index contributed by atoms with van der Waals surface area (Å²) in [5.74, 6) is 1.90. The van der Waals surface area contributed by atoms with E-state index >= 15 is 0 Å². The molecule has 2 aliphatic rings. The number of hydrogen-bond donors (Lipinski definition) is 1. The number of likely N-dealkylation sites (N-methyl/N-ethyl adjacent to an activating group) is 1. The Morgan fingerprint density at radius 2 is 2.29 bits per heavy atom. The van der Waals surface area contributed by atoms with Gasteiger partial charge in [-0.2, -0.15) is 0 Å². The van der Waals surface area contributed by atoms with Crippen molar-refractivity contribution in [2.75, 3.05) is 20.1 Å². The molecule has 2 fully saturated rings. The van der Waals surface area contributed by atoms with Crippen molar-refractivity contribution in [3.8, 4) is 0 Å². The molecule has 0 aromatic carbocycles. The summed E-state index contributed by atoms with van der Waals surface area (Å²) in [5, 5.41) is 3.25. The molecule has 0 spiro atoms. The molecule has 2 rings (SSSR count). The van der Waals surface area contributed by atoms with Crippen LogP contribution in [0.2, 0.25) is 0 Å². The van der Waals surface area contributed by atoms with E-state index in [1.54, 1.807) is 0 Å². The summed E-state index contributed by atoms with van der Waals surface area (Å²) in [6.07, 6.45) is 3.46. The molecule has 1 aliphatic carbocycles. The van der Waals surface area contributed by atoms with Gasteiger partial charge in [-0.05, 0) is 37.6 Å². The smallest absolute Gasteiger partial charge is 0.239 e. The quantitative estimate of drug-likeness (QED) is 0.726. The summed E-state index contributed by atoms with van der Waals surface area (Å²) >= 11 is 0. The van der Waals surface area contributed by atoms with Crippen LogP contribution in [0.5, 0.6) is 0 Å². The van der Waals surface area contributed by atoms with Crippen LogP contribution in [0.15, 0.2) is 0 Å². The monoisotopic (exact) mass is 196 g/mol. The SMILES string of the molecule is CC1CC1CN(C)C(=O)[C@H]1CCCN1. The number of rotatable bonds is 3. The first-order chi connectivity index (χ1) is 6.68. The van der Waals surface area contributed by atoms with Crippen LogP contribution >= 0.6 is 0 Å². The Kier molecular flexibility index (Phi) is 2.77. The second-order valence-corrected chi connectivity index (χ2v) is 4.84. The van der Waals surface area contributed by atoms with E-state index in [0.29, 0.717) is 5.91 Å². The zero-order valence-corrected chi connectivity index (χ0v) is 9.12. The van der Waals surface area contributed by atoms with Crippen LogP contribution in [0.1, 0.15) is 26.2 Å². The van der Waals surface area contributed by atoms with Crippen molar-refractivity contribution in [2.45, 2.75) is 32.2 Å². The normalized spacial score (nSPS) is 35.7. The number of carbonyl (C=O) groups is 1. The molecule has 1 N–H and O–H groups in total. The molecule has 1 amide bonds. The summed E-state index contributed by atoms with van der Waals surface area (Å²) in [6.45, 7) is 4.22. The molecule has 1 saturated carbocycles. The molecule has 0 bridgehead atoms. The van der Waals surface area contributed by atoms with Gasteiger partial charge in [0.2, 0.25) is 5.91 Å². The van der Waals surface area contributed by atoms with E-state index in [9.17, 15) is 4.79 Å². The maximum absolute atomic E-state index is 11.9. The molecule has 1 aliphatic heterocycles. The molecule has 1 saturated heterocycles. The average Bonchev–Trinajstić information content (AvgIpc) is 2.72. The van der Waals surface area contributed by atoms with Crippen LogP contribution in [-0.2, 0) is 4.79 Å². The van der Waals surface area contributed by atoms with Crippen molar-refractivity contribution in [1.29, 1.82) is 0 Å². The molecule has 0 aromatic heterocycles. The van der Waals surface area contributed by atoms with Gasteiger partial charge in [-0.1, -0.05) is 6.92 Å². The van der Waals surface area contributed by atoms with Crippen LogP contribution in [-0.4, -0.2) is 37.0 Å². The Balaban J connectivity index is 1.78. The average molecular weight is 196 g/mol. The van der Waals surface area contributed by atoms with Crippen molar-refractivity contribution >= 4 is 5.91 Å². The van der Waals surface area contributed by atoms with Gasteiger partial charge in [-0.25, -0.2) is 0 Å². The van der Waals surface area contributed by atoms with Crippen molar-refractivity contribution in [3.63, 3.8) is 0 Å². The van der Waals surface area contributed by atoms with Crippen LogP contribution < -0.4 is 5.32 Å². The first-order valence-electron chi connectivity index (χ1n) is 5.67. The molecule has 2 unspecified atom stereocenters. The van der Waals surface area contributed by atoms with Gasteiger partial charge in [0, 0.05) is 13.6 Å². The summed E-state index contributed by atoms with van der Waals surface area (Å²) in [5.41, 5.74) is 0. The summed E-state index contributed by atoms with van der Waals surface area (Å²) < 4.78 is 0. The molecule has 80 valence electrons. The zero-order valence-electron chi connectivity index (χ0n) is 9.12. The van der Waals surface area contributed by atoms with Gasteiger partial charge in [-0.15, -0.1) is 0 Å². The van der Waals surface area contributed by atoms with E-state index in [1.165, 1.54) is 6.42 Å². The Morgan fingerprint density at radius 3 is 2.79 bits per heavy atom. The summed E-state index contributed by atoms with van der Waals surface area (Å²) in [4.78, 5) is 13.8. The fourth-order valence-corrected chi connectivity index (χ4v) is 2.26. The van der Waals surface area contributed by atoms with Crippen LogP contribution in [0.3, 0.4) is 0 Å². The molecule has 14 heavy (non-hydrogen) atoms. The third kappa shape index (κ3) is 2.08. The van der Waals surface area contributed by atoms with Gasteiger partial charge in [-0.3, -0.25) is 4.79 Å². The van der Waals surface area contributed by atoms with E-state index in [0.717, 1.165) is 37.8 Å². The lowest BCUT2D eigenvalue weighted by atomic mass is 10.2. The van der Waals surface area contributed by atoms with E-state index in [-0.39, 0.29) is 6.04 Å². The van der Waals surface area contributed by atoms with Crippen LogP contribution in [0, 0.1) is 11.8 Å². The minimum Gasteiger partial charge on any atom is -0.344 e. The van der Waals surface area contributed by atoms with Gasteiger partial charge >= 0.3 is 0 Å². The Hall–Kier alpha value is -0.570. The lowest BCUT2D eigenvalue weighted by Gasteiger charge is -2.21. The number of hydrogen-bond acceptors (Lipinski definition) is 2. The highest BCUT2D eigenvalue weighted by Crippen LogP contribution is 2.38. The number of nitrogens with zero attached hydrogens (tertiary/aromatic N) is 1. The largest absolute Gasteiger partial charge is 0.344 e. The molecular weight excluding hydrogens is 176 g/mol. The number of carbonyl (C=O) groups excluding carboxylic acids is 1. The number of nitrogens with one attached hydrogen (secondary N) is 1. The highest BCUT2D eigenvalue weighted by Gasteiger charge is 2.35. The summed E-state index contributed by atoms with van der Waals surface area (Å²) in [7, 11) is 1.94. The van der Waals surface area contributed by atoms with Gasteiger partial charge < -0.3 is 10.2 Å². The van der Waals surface area contributed by atoms with Crippen LogP contribution in [0.4, 0.5) is 0 Å². The second-order valence-electron chi connectivity index (χ2n) is 4.84. The number of amides is 1. The third-order valence-electron chi connectivity index (χ3n) is 3.52. The molecule has 3 nitrogen and oxygen atoms in total. The van der Waals surface area contributed by atoms with Crippen LogP contribution in [0.25, 0.3) is 0 Å². The molecule has 0 aromatic rings. The third-order valence-corrected chi connectivity index (χ3v) is 3.52. The van der Waals surface area contributed by atoms with Crippen molar-refractivity contribution in [3.05, 3.63) is 0 Å². The van der Waals surface area contributed by atoms with Gasteiger partial charge in [0.15, 0.2) is 0 Å². The first-order valence-corrected chi connectivity index (χ1v) is 5.67. The predicted octanol–water partition coefficient (Wildman–Crippen LogP) is 0.853. The zero-order chi connectivity index (χ0) is 10.1. The van der Waals surface area contributed by atoms with Gasteiger partial charge in [0.05, 0.1) is 6.04 Å². The molecule has 1 heterocycles. The molecule has 0 radical (unpaired) electrons. The summed E-state index contributed by atoms with van der Waals surface area (Å²) in [6, 6.07) is 0.106. The van der Waals surface area contributed by atoms with Gasteiger partial charge in [0.1, 0.15) is 0 Å². The highest BCUT2D eigenvalue weighted by molar-refractivity contribution is 5.81. The maximum atomic E-state index is 11.9. The van der Waals surface area contributed by atoms with Crippen molar-refractivity contribution in [2.24, 2.45) is 11.8 Å². The van der Waals surface area contributed by atoms with E-state index in [4.69, 9.17) is 0 Å². The van der Waals surface area contributed by atoms with E-state index in [2.05, 4.69) is 12.2 Å². The molecular formula is C11H20N2O. The highest BCUT2D eigenvalue weighted by atomic mass is 16.2. The second kappa shape index (κ2) is 3.89. The minimum atomic E-state index is 0.106. The molecule has 3 heteroatoms. The van der Waals surface area contributed by atoms with E-state index < -0.39 is 0 Å². The lowest BCUT2D eigenvalue weighted by molar-refractivity contribution is -0.132. The van der Waals surface area contributed by atoms with Gasteiger partial charge in [0.25, 0.3) is 0 Å². The molecule has 3 atom stereocenters. The Morgan fingerprint density at radius 1 is 1.57 bits per heavy atom. The Bertz CT molecular complexity index is 223. The fraction of sp³-hybridized carbons (Fsp3) is 0.909. The van der Waals surface area contributed by atoms with Crippen molar-refractivity contribution < 1.29 is 4.79 Å². The van der Waals surface area contributed by atoms with E-state index in [1.807, 2.05) is 11.9 Å². The maximum Gasteiger partial charge on any atom is 0.239 e. The Labute approximate surface area is 85.8 Å².